The van der Waals surface area contributed by atoms with Crippen molar-refractivity contribution in [3.8, 4) is 0 Å². The number of likely N-dealkylation sites (tertiary alicyclic amines) is 1. The van der Waals surface area contributed by atoms with E-state index in [-0.39, 0.29) is 30.2 Å². The zero-order chi connectivity index (χ0) is 11.4. The first-order valence-corrected chi connectivity index (χ1v) is 5.06. The van der Waals surface area contributed by atoms with Crippen molar-refractivity contribution in [1.82, 2.24) is 10.2 Å². The molecule has 0 aliphatic carbocycles. The largest absolute Gasteiger partial charge is 0.347 e. The van der Waals surface area contributed by atoms with Gasteiger partial charge in [0.1, 0.15) is 11.8 Å². The third-order valence-electron chi connectivity index (χ3n) is 2.47. The van der Waals surface area contributed by atoms with Crippen LogP contribution in [0.3, 0.4) is 0 Å². The molecule has 0 aromatic carbocycles. The normalized spacial score (nSPS) is 20.1. The van der Waals surface area contributed by atoms with Gasteiger partial charge >= 0.3 is 0 Å². The standard InChI is InChI=1S/C10H16N2O3/c1-7(13)6-11-10(15)9-4-3-5-12(9)8(2)14/h9H,3-6H2,1-2H3,(H,11,15)/t9-/m0/s1. The van der Waals surface area contributed by atoms with Crippen molar-refractivity contribution in [2.45, 2.75) is 32.7 Å². The maximum absolute atomic E-state index is 11.6. The predicted molar refractivity (Wildman–Crippen MR) is 54.1 cm³/mol. The lowest BCUT2D eigenvalue weighted by Crippen LogP contribution is -2.46. The number of carbonyl (C=O) groups excluding carboxylic acids is 3. The molecule has 0 bridgehead atoms. The van der Waals surface area contributed by atoms with E-state index in [1.54, 1.807) is 4.90 Å². The Hall–Kier alpha value is -1.39. The van der Waals surface area contributed by atoms with Crippen LogP contribution in [-0.4, -0.2) is 41.6 Å². The number of nitrogens with zero attached hydrogens (tertiary/aromatic N) is 1. The van der Waals surface area contributed by atoms with Crippen LogP contribution < -0.4 is 5.32 Å². The summed E-state index contributed by atoms with van der Waals surface area (Å²) in [4.78, 5) is 35.0. The molecule has 0 aromatic rings. The molecule has 5 nitrogen and oxygen atoms in total. The SMILES string of the molecule is CC(=O)CNC(=O)[C@@H]1CCCN1C(C)=O. The van der Waals surface area contributed by atoms with Gasteiger partial charge in [-0.25, -0.2) is 0 Å². The zero-order valence-corrected chi connectivity index (χ0v) is 9.08. The van der Waals surface area contributed by atoms with Crippen LogP contribution >= 0.6 is 0 Å². The molecule has 1 fully saturated rings. The third kappa shape index (κ3) is 3.04. The van der Waals surface area contributed by atoms with Gasteiger partial charge in [0, 0.05) is 13.5 Å². The lowest BCUT2D eigenvalue weighted by atomic mass is 10.2. The van der Waals surface area contributed by atoms with E-state index in [9.17, 15) is 14.4 Å². The maximum Gasteiger partial charge on any atom is 0.243 e. The number of nitrogens with one attached hydrogen (secondary N) is 1. The highest BCUT2D eigenvalue weighted by Gasteiger charge is 2.31. The fraction of sp³-hybridized carbons (Fsp3) is 0.700. The molecule has 1 rings (SSSR count). The lowest BCUT2D eigenvalue weighted by molar-refractivity contribution is -0.137. The van der Waals surface area contributed by atoms with Gasteiger partial charge in [0.25, 0.3) is 0 Å². The fourth-order valence-corrected chi connectivity index (χ4v) is 1.75. The minimum Gasteiger partial charge on any atom is -0.347 e. The molecule has 0 spiro atoms. The number of hydrogen-bond donors (Lipinski definition) is 1. The van der Waals surface area contributed by atoms with Crippen LogP contribution in [0.2, 0.25) is 0 Å². The van der Waals surface area contributed by atoms with Crippen LogP contribution in [0, 0.1) is 0 Å². The summed E-state index contributed by atoms with van der Waals surface area (Å²) in [6, 6.07) is -0.387. The van der Waals surface area contributed by atoms with Gasteiger partial charge in [-0.3, -0.25) is 14.4 Å². The van der Waals surface area contributed by atoms with E-state index >= 15 is 0 Å². The Labute approximate surface area is 88.8 Å². The van der Waals surface area contributed by atoms with Gasteiger partial charge < -0.3 is 10.2 Å². The van der Waals surface area contributed by atoms with E-state index in [2.05, 4.69) is 5.32 Å². The minimum absolute atomic E-state index is 0.0427. The third-order valence-corrected chi connectivity index (χ3v) is 2.47. The van der Waals surface area contributed by atoms with Crippen LogP contribution in [-0.2, 0) is 14.4 Å². The fourth-order valence-electron chi connectivity index (χ4n) is 1.75. The molecular weight excluding hydrogens is 196 g/mol. The second kappa shape index (κ2) is 4.91. The average molecular weight is 212 g/mol. The smallest absolute Gasteiger partial charge is 0.243 e. The Morgan fingerprint density at radius 3 is 2.53 bits per heavy atom. The summed E-state index contributed by atoms with van der Waals surface area (Å²) < 4.78 is 0. The predicted octanol–water partition coefficient (Wildman–Crippen LogP) is -0.298. The molecule has 1 heterocycles. The van der Waals surface area contributed by atoms with Gasteiger partial charge in [-0.05, 0) is 19.8 Å². The van der Waals surface area contributed by atoms with E-state index in [0.717, 1.165) is 6.42 Å². The second-order valence-corrected chi connectivity index (χ2v) is 3.79. The summed E-state index contributed by atoms with van der Waals surface area (Å²) in [6.45, 7) is 3.54. The van der Waals surface area contributed by atoms with Crippen molar-refractivity contribution in [1.29, 1.82) is 0 Å². The van der Waals surface area contributed by atoms with Crippen molar-refractivity contribution < 1.29 is 14.4 Å². The van der Waals surface area contributed by atoms with Crippen molar-refractivity contribution in [3.63, 3.8) is 0 Å². The summed E-state index contributed by atoms with van der Waals surface area (Å²) in [5.41, 5.74) is 0. The van der Waals surface area contributed by atoms with Gasteiger partial charge in [0.05, 0.1) is 6.54 Å². The van der Waals surface area contributed by atoms with Gasteiger partial charge in [0.2, 0.25) is 11.8 Å². The molecule has 1 N–H and O–H groups in total. The van der Waals surface area contributed by atoms with Crippen molar-refractivity contribution in [2.24, 2.45) is 0 Å². The van der Waals surface area contributed by atoms with Crippen LogP contribution in [0.4, 0.5) is 0 Å². The van der Waals surface area contributed by atoms with Gasteiger partial charge in [-0.15, -0.1) is 0 Å². The number of ketones is 1. The number of amides is 2. The molecule has 2 amide bonds. The number of rotatable bonds is 3. The van der Waals surface area contributed by atoms with Gasteiger partial charge in [-0.2, -0.15) is 0 Å². The Bertz CT molecular complexity index is 288. The highest BCUT2D eigenvalue weighted by Crippen LogP contribution is 2.17. The lowest BCUT2D eigenvalue weighted by Gasteiger charge is -2.22. The van der Waals surface area contributed by atoms with Gasteiger partial charge in [0.15, 0.2) is 0 Å². The Morgan fingerprint density at radius 2 is 2.00 bits per heavy atom. The molecule has 0 saturated carbocycles. The molecule has 84 valence electrons. The summed E-state index contributed by atoms with van der Waals surface area (Å²) >= 11 is 0. The second-order valence-electron chi connectivity index (χ2n) is 3.79. The molecule has 1 atom stereocenters. The molecule has 5 heteroatoms. The minimum atomic E-state index is -0.387. The highest BCUT2D eigenvalue weighted by molar-refractivity contribution is 5.90. The summed E-state index contributed by atoms with van der Waals surface area (Å²) in [5, 5.41) is 2.53. The average Bonchev–Trinajstić information content (AvgIpc) is 2.62. The first kappa shape index (κ1) is 11.7. The summed E-state index contributed by atoms with van der Waals surface area (Å²) in [5.74, 6) is -0.399. The molecule has 15 heavy (non-hydrogen) atoms. The number of Topliss-reactive ketones (excluding diaryl/α,β-unsaturated/α-hetero) is 1. The molecule has 0 radical (unpaired) electrons. The monoisotopic (exact) mass is 212 g/mol. The first-order chi connectivity index (χ1) is 7.02. The number of hydrogen-bond acceptors (Lipinski definition) is 3. The Kier molecular flexibility index (Phi) is 3.82. The van der Waals surface area contributed by atoms with E-state index < -0.39 is 0 Å². The van der Waals surface area contributed by atoms with E-state index in [1.807, 2.05) is 0 Å². The zero-order valence-electron chi connectivity index (χ0n) is 9.08. The maximum atomic E-state index is 11.6. The molecule has 0 unspecified atom stereocenters. The van der Waals surface area contributed by atoms with Gasteiger partial charge in [-0.1, -0.05) is 0 Å². The van der Waals surface area contributed by atoms with Crippen molar-refractivity contribution in [2.75, 3.05) is 13.1 Å². The molecule has 1 aliphatic rings. The van der Waals surface area contributed by atoms with Crippen molar-refractivity contribution >= 4 is 17.6 Å². The molecule has 1 aliphatic heterocycles. The van der Waals surface area contributed by atoms with Crippen molar-refractivity contribution in [3.05, 3.63) is 0 Å². The summed E-state index contributed by atoms with van der Waals surface area (Å²) in [6.07, 6.45) is 1.53. The van der Waals surface area contributed by atoms with E-state index in [4.69, 9.17) is 0 Å². The Balaban J connectivity index is 2.51. The van der Waals surface area contributed by atoms with Crippen LogP contribution in [0.5, 0.6) is 0 Å². The van der Waals surface area contributed by atoms with Crippen LogP contribution in [0.1, 0.15) is 26.7 Å². The van der Waals surface area contributed by atoms with E-state index in [0.29, 0.717) is 13.0 Å². The number of carbonyl (C=O) groups is 3. The summed E-state index contributed by atoms with van der Waals surface area (Å²) in [7, 11) is 0. The highest BCUT2D eigenvalue weighted by atomic mass is 16.2. The molecule has 1 saturated heterocycles. The van der Waals surface area contributed by atoms with Crippen LogP contribution in [0.25, 0.3) is 0 Å². The van der Waals surface area contributed by atoms with E-state index in [1.165, 1.54) is 13.8 Å². The quantitative estimate of drug-likeness (QED) is 0.698. The Morgan fingerprint density at radius 1 is 1.33 bits per heavy atom. The molecule has 0 aromatic heterocycles. The topological polar surface area (TPSA) is 66.5 Å². The van der Waals surface area contributed by atoms with Crippen LogP contribution in [0.15, 0.2) is 0 Å². The molecular formula is C10H16N2O3. The first-order valence-electron chi connectivity index (χ1n) is 5.06.